The minimum absolute atomic E-state index is 0.430. The molecule has 66 valence electrons. The maximum Gasteiger partial charge on any atom is 0.134 e. The average Bonchev–Trinajstić information content (AvgIpc) is 2.20. The van der Waals surface area contributed by atoms with E-state index in [-0.39, 0.29) is 0 Å². The molecule has 1 aliphatic heterocycles. The van der Waals surface area contributed by atoms with E-state index in [1.807, 2.05) is 13.8 Å². The molecule has 11 heavy (non-hydrogen) atoms. The SMILES string of the molecule is CC.CN1CCCC(=O)CC1. The fraction of sp³-hybridized carbons (Fsp3) is 0.889. The molecule has 0 bridgehead atoms. The number of likely N-dealkylation sites (tertiary alicyclic amines) is 1. The van der Waals surface area contributed by atoms with Crippen molar-refractivity contribution in [1.29, 1.82) is 0 Å². The fourth-order valence-electron chi connectivity index (χ4n) is 1.10. The first-order valence-corrected chi connectivity index (χ1v) is 4.49. The van der Waals surface area contributed by atoms with Gasteiger partial charge in [-0.15, -0.1) is 0 Å². The van der Waals surface area contributed by atoms with Gasteiger partial charge in [-0.1, -0.05) is 13.8 Å². The summed E-state index contributed by atoms with van der Waals surface area (Å²) < 4.78 is 0. The van der Waals surface area contributed by atoms with Gasteiger partial charge in [0.2, 0.25) is 0 Å². The molecule has 2 nitrogen and oxygen atoms in total. The van der Waals surface area contributed by atoms with E-state index in [9.17, 15) is 4.79 Å². The van der Waals surface area contributed by atoms with E-state index in [0.717, 1.165) is 32.4 Å². The summed E-state index contributed by atoms with van der Waals surface area (Å²) >= 11 is 0. The third-order valence-corrected chi connectivity index (χ3v) is 1.77. The van der Waals surface area contributed by atoms with Crippen molar-refractivity contribution < 1.29 is 4.79 Å². The van der Waals surface area contributed by atoms with Crippen molar-refractivity contribution in [2.45, 2.75) is 33.1 Å². The van der Waals surface area contributed by atoms with Gasteiger partial charge in [0.25, 0.3) is 0 Å². The van der Waals surface area contributed by atoms with E-state index in [1.54, 1.807) is 0 Å². The Balaban J connectivity index is 0.000000461. The maximum absolute atomic E-state index is 10.8. The van der Waals surface area contributed by atoms with E-state index in [4.69, 9.17) is 0 Å². The van der Waals surface area contributed by atoms with Gasteiger partial charge in [0.05, 0.1) is 0 Å². The third-order valence-electron chi connectivity index (χ3n) is 1.77. The molecule has 1 saturated heterocycles. The Hall–Kier alpha value is -0.370. The molecule has 0 atom stereocenters. The number of nitrogens with zero attached hydrogens (tertiary/aromatic N) is 1. The Morgan fingerprint density at radius 2 is 1.82 bits per heavy atom. The molecule has 1 rings (SSSR count). The summed E-state index contributed by atoms with van der Waals surface area (Å²) in [6.07, 6.45) is 2.61. The molecule has 0 spiro atoms. The Kier molecular flexibility index (Phi) is 6.13. The number of carbonyl (C=O) groups is 1. The standard InChI is InChI=1S/C7H13NO.C2H6/c1-8-5-2-3-7(9)4-6-8;1-2/h2-6H2,1H3;1-2H3. The molecule has 1 heterocycles. The van der Waals surface area contributed by atoms with Crippen LogP contribution in [0.5, 0.6) is 0 Å². The molecule has 0 aromatic heterocycles. The molecule has 1 fully saturated rings. The number of ketones is 1. The Morgan fingerprint density at radius 1 is 1.18 bits per heavy atom. The second-order valence-electron chi connectivity index (χ2n) is 2.70. The van der Waals surface area contributed by atoms with Crippen LogP contribution in [0.2, 0.25) is 0 Å². The van der Waals surface area contributed by atoms with Crippen LogP contribution in [0.3, 0.4) is 0 Å². The zero-order chi connectivity index (χ0) is 8.69. The first-order valence-electron chi connectivity index (χ1n) is 4.49. The number of hydrogen-bond acceptors (Lipinski definition) is 2. The van der Waals surface area contributed by atoms with E-state index in [2.05, 4.69) is 11.9 Å². The van der Waals surface area contributed by atoms with Crippen molar-refractivity contribution in [2.24, 2.45) is 0 Å². The zero-order valence-electron chi connectivity index (χ0n) is 7.89. The van der Waals surface area contributed by atoms with Gasteiger partial charge in [-0.3, -0.25) is 4.79 Å². The van der Waals surface area contributed by atoms with Crippen molar-refractivity contribution in [3.05, 3.63) is 0 Å². The average molecular weight is 157 g/mol. The van der Waals surface area contributed by atoms with Crippen LogP contribution in [-0.2, 0) is 4.79 Å². The largest absolute Gasteiger partial charge is 0.306 e. The first-order chi connectivity index (χ1) is 5.29. The lowest BCUT2D eigenvalue weighted by Gasteiger charge is -2.09. The summed E-state index contributed by atoms with van der Waals surface area (Å²) in [7, 11) is 2.07. The van der Waals surface area contributed by atoms with Crippen LogP contribution in [-0.4, -0.2) is 30.8 Å². The summed E-state index contributed by atoms with van der Waals surface area (Å²) in [6.45, 7) is 6.05. The van der Waals surface area contributed by atoms with Gasteiger partial charge >= 0.3 is 0 Å². The van der Waals surface area contributed by atoms with Crippen LogP contribution in [0.4, 0.5) is 0 Å². The van der Waals surface area contributed by atoms with Crippen molar-refractivity contribution in [3.8, 4) is 0 Å². The summed E-state index contributed by atoms with van der Waals surface area (Å²) in [5.41, 5.74) is 0. The summed E-state index contributed by atoms with van der Waals surface area (Å²) in [6, 6.07) is 0. The lowest BCUT2D eigenvalue weighted by molar-refractivity contribution is -0.118. The highest BCUT2D eigenvalue weighted by Gasteiger charge is 2.09. The Labute approximate surface area is 69.6 Å². The minimum Gasteiger partial charge on any atom is -0.306 e. The van der Waals surface area contributed by atoms with Crippen LogP contribution in [0.15, 0.2) is 0 Å². The number of hydrogen-bond donors (Lipinski definition) is 0. The molecule has 0 amide bonds. The molecule has 0 N–H and O–H groups in total. The number of carbonyl (C=O) groups excluding carboxylic acids is 1. The quantitative estimate of drug-likeness (QED) is 0.533. The number of Topliss-reactive ketones (excluding diaryl/α,β-unsaturated/α-hetero) is 1. The van der Waals surface area contributed by atoms with E-state index in [0.29, 0.717) is 5.78 Å². The van der Waals surface area contributed by atoms with Gasteiger partial charge in [-0.05, 0) is 20.0 Å². The van der Waals surface area contributed by atoms with Gasteiger partial charge in [0.15, 0.2) is 0 Å². The smallest absolute Gasteiger partial charge is 0.134 e. The second-order valence-corrected chi connectivity index (χ2v) is 2.70. The van der Waals surface area contributed by atoms with Crippen molar-refractivity contribution in [1.82, 2.24) is 4.90 Å². The first kappa shape index (κ1) is 10.6. The molecule has 0 saturated carbocycles. The molecular formula is C9H19NO. The number of rotatable bonds is 0. The summed E-state index contributed by atoms with van der Waals surface area (Å²) in [5, 5.41) is 0. The van der Waals surface area contributed by atoms with Crippen LogP contribution >= 0.6 is 0 Å². The van der Waals surface area contributed by atoms with Gasteiger partial charge < -0.3 is 4.90 Å². The predicted octanol–water partition coefficient (Wildman–Crippen LogP) is 1.70. The highest BCUT2D eigenvalue weighted by molar-refractivity contribution is 5.78. The highest BCUT2D eigenvalue weighted by atomic mass is 16.1. The molecule has 0 aromatic rings. The monoisotopic (exact) mass is 157 g/mol. The molecular weight excluding hydrogens is 138 g/mol. The van der Waals surface area contributed by atoms with Crippen LogP contribution in [0.25, 0.3) is 0 Å². The van der Waals surface area contributed by atoms with Crippen LogP contribution < -0.4 is 0 Å². The van der Waals surface area contributed by atoms with E-state index >= 15 is 0 Å². The molecule has 2 heteroatoms. The topological polar surface area (TPSA) is 20.3 Å². The molecule has 0 unspecified atom stereocenters. The van der Waals surface area contributed by atoms with Crippen LogP contribution in [0.1, 0.15) is 33.1 Å². The zero-order valence-corrected chi connectivity index (χ0v) is 7.89. The fourth-order valence-corrected chi connectivity index (χ4v) is 1.10. The molecule has 1 aliphatic rings. The van der Waals surface area contributed by atoms with Gasteiger partial charge in [0.1, 0.15) is 5.78 Å². The lowest BCUT2D eigenvalue weighted by atomic mass is 10.2. The normalized spacial score (nSPS) is 20.1. The lowest BCUT2D eigenvalue weighted by Crippen LogP contribution is -2.18. The Bertz CT molecular complexity index is 112. The van der Waals surface area contributed by atoms with Crippen molar-refractivity contribution >= 4 is 5.78 Å². The minimum atomic E-state index is 0.430. The van der Waals surface area contributed by atoms with E-state index < -0.39 is 0 Å². The molecule has 0 radical (unpaired) electrons. The highest BCUT2D eigenvalue weighted by Crippen LogP contribution is 2.03. The van der Waals surface area contributed by atoms with Crippen LogP contribution in [0, 0.1) is 0 Å². The van der Waals surface area contributed by atoms with Crippen molar-refractivity contribution in [3.63, 3.8) is 0 Å². The Morgan fingerprint density at radius 3 is 2.45 bits per heavy atom. The van der Waals surface area contributed by atoms with Crippen molar-refractivity contribution in [2.75, 3.05) is 20.1 Å². The second kappa shape index (κ2) is 6.35. The maximum atomic E-state index is 10.8. The van der Waals surface area contributed by atoms with Gasteiger partial charge in [-0.25, -0.2) is 0 Å². The predicted molar refractivity (Wildman–Crippen MR) is 47.7 cm³/mol. The third kappa shape index (κ3) is 4.96. The molecule has 0 aliphatic carbocycles. The van der Waals surface area contributed by atoms with Gasteiger partial charge in [-0.2, -0.15) is 0 Å². The molecule has 0 aromatic carbocycles. The summed E-state index contributed by atoms with van der Waals surface area (Å²) in [4.78, 5) is 13.0. The van der Waals surface area contributed by atoms with Gasteiger partial charge in [0, 0.05) is 19.4 Å². The van der Waals surface area contributed by atoms with E-state index in [1.165, 1.54) is 0 Å². The summed E-state index contributed by atoms with van der Waals surface area (Å²) in [5.74, 6) is 0.430.